The summed E-state index contributed by atoms with van der Waals surface area (Å²) in [6.07, 6.45) is 2.16. The second kappa shape index (κ2) is 10.6. The van der Waals surface area contributed by atoms with Crippen LogP contribution in [0.1, 0.15) is 27.0 Å². The van der Waals surface area contributed by atoms with Gasteiger partial charge in [0.05, 0.1) is 18.9 Å². The molecule has 33 heavy (non-hydrogen) atoms. The Bertz CT molecular complexity index is 1080. The molecule has 1 atom stereocenters. The predicted octanol–water partition coefficient (Wildman–Crippen LogP) is 3.77. The lowest BCUT2D eigenvalue weighted by atomic mass is 10.0. The largest absolute Gasteiger partial charge is 0.491 e. The van der Waals surface area contributed by atoms with Crippen LogP contribution in [-0.4, -0.2) is 61.6 Å². The first-order chi connectivity index (χ1) is 16.1. The molecular formula is C24H25FN2O5S. The number of thiophene rings is 1. The summed E-state index contributed by atoms with van der Waals surface area (Å²) in [5.74, 6) is -0.379. The Morgan fingerprint density at radius 1 is 1.27 bits per heavy atom. The number of hydrogen-bond donors (Lipinski definition) is 0. The van der Waals surface area contributed by atoms with E-state index >= 15 is 0 Å². The number of nitrogens with zero attached hydrogens (tertiary/aromatic N) is 2. The third-order valence-corrected chi connectivity index (χ3v) is 6.53. The topological polar surface area (TPSA) is 72.2 Å². The molecule has 2 aromatic heterocycles. The number of fused-ring (bicyclic) bond motifs is 1. The Hall–Kier alpha value is -3.17. The molecule has 4 rings (SSSR count). The molecule has 0 saturated heterocycles. The molecule has 0 N–H and O–H groups in total. The van der Waals surface area contributed by atoms with E-state index in [2.05, 4.69) is 0 Å². The first kappa shape index (κ1) is 23.0. The lowest BCUT2D eigenvalue weighted by molar-refractivity contribution is -0.135. The molecule has 1 aliphatic heterocycles. The fourth-order valence-electron chi connectivity index (χ4n) is 3.87. The minimum atomic E-state index is -0.384. The van der Waals surface area contributed by atoms with Crippen LogP contribution >= 0.6 is 11.3 Å². The molecule has 7 nitrogen and oxygen atoms in total. The zero-order valence-electron chi connectivity index (χ0n) is 18.2. The summed E-state index contributed by atoms with van der Waals surface area (Å²) in [6.45, 7) is 1.13. The van der Waals surface area contributed by atoms with E-state index in [1.807, 2.05) is 11.4 Å². The second-order valence-corrected chi connectivity index (χ2v) is 8.62. The lowest BCUT2D eigenvalue weighted by Crippen LogP contribution is -2.48. The zero-order chi connectivity index (χ0) is 23.2. The van der Waals surface area contributed by atoms with Gasteiger partial charge in [0.25, 0.3) is 5.91 Å². The van der Waals surface area contributed by atoms with E-state index in [1.165, 1.54) is 28.2 Å². The van der Waals surface area contributed by atoms with Crippen molar-refractivity contribution in [2.24, 2.45) is 0 Å². The van der Waals surface area contributed by atoms with Crippen LogP contribution < -0.4 is 4.74 Å². The average Bonchev–Trinajstić information content (AvgIpc) is 3.52. The van der Waals surface area contributed by atoms with Gasteiger partial charge in [-0.25, -0.2) is 4.39 Å². The zero-order valence-corrected chi connectivity index (χ0v) is 19.1. The van der Waals surface area contributed by atoms with Crippen LogP contribution in [0.15, 0.2) is 58.5 Å². The van der Waals surface area contributed by atoms with Gasteiger partial charge in [0.2, 0.25) is 5.91 Å². The highest BCUT2D eigenvalue weighted by molar-refractivity contribution is 7.10. The van der Waals surface area contributed by atoms with E-state index in [1.54, 1.807) is 47.6 Å². The summed E-state index contributed by atoms with van der Waals surface area (Å²) in [5, 5.41) is 2.00. The fourth-order valence-corrected chi connectivity index (χ4v) is 4.80. The quantitative estimate of drug-likeness (QED) is 0.474. The molecule has 1 aliphatic rings. The summed E-state index contributed by atoms with van der Waals surface area (Å²) in [6, 6.07) is 10.8. The van der Waals surface area contributed by atoms with Crippen LogP contribution in [0, 0.1) is 5.82 Å². The Morgan fingerprint density at radius 2 is 2.15 bits per heavy atom. The number of carbonyl (C=O) groups is 2. The van der Waals surface area contributed by atoms with Crippen molar-refractivity contribution in [2.45, 2.75) is 12.5 Å². The van der Waals surface area contributed by atoms with Crippen molar-refractivity contribution in [3.8, 4) is 5.75 Å². The van der Waals surface area contributed by atoms with Gasteiger partial charge in [0.1, 0.15) is 24.7 Å². The first-order valence-electron chi connectivity index (χ1n) is 10.6. The average molecular weight is 473 g/mol. The molecule has 0 radical (unpaired) electrons. The summed E-state index contributed by atoms with van der Waals surface area (Å²) < 4.78 is 29.8. The maximum atomic E-state index is 13.6. The number of hydrogen-bond acceptors (Lipinski definition) is 6. The van der Waals surface area contributed by atoms with Gasteiger partial charge in [-0.2, -0.15) is 0 Å². The van der Waals surface area contributed by atoms with Gasteiger partial charge >= 0.3 is 0 Å². The molecule has 1 aromatic carbocycles. The van der Waals surface area contributed by atoms with Crippen LogP contribution in [0.3, 0.4) is 0 Å². The number of halogens is 1. The molecule has 0 unspecified atom stereocenters. The second-order valence-electron chi connectivity index (χ2n) is 7.62. The van der Waals surface area contributed by atoms with Crippen molar-refractivity contribution in [2.75, 3.05) is 40.0 Å². The Morgan fingerprint density at radius 3 is 2.91 bits per heavy atom. The van der Waals surface area contributed by atoms with E-state index < -0.39 is 0 Å². The summed E-state index contributed by atoms with van der Waals surface area (Å²) in [5.41, 5.74) is 1.02. The predicted molar refractivity (Wildman–Crippen MR) is 121 cm³/mol. The van der Waals surface area contributed by atoms with Gasteiger partial charge in [-0.05, 0) is 47.7 Å². The van der Waals surface area contributed by atoms with Crippen molar-refractivity contribution < 1.29 is 27.9 Å². The number of amides is 2. The van der Waals surface area contributed by atoms with Gasteiger partial charge in [-0.3, -0.25) is 9.59 Å². The van der Waals surface area contributed by atoms with Crippen LogP contribution in [0.5, 0.6) is 5.75 Å². The van der Waals surface area contributed by atoms with E-state index in [4.69, 9.17) is 13.9 Å². The molecule has 0 saturated carbocycles. The normalized spacial score (nSPS) is 15.2. The number of ether oxygens (including phenoxy) is 2. The Kier molecular flexibility index (Phi) is 7.41. The van der Waals surface area contributed by atoms with E-state index in [0.29, 0.717) is 18.9 Å². The number of methoxy groups -OCH3 is 1. The molecule has 0 spiro atoms. The Balaban J connectivity index is 1.51. The van der Waals surface area contributed by atoms with Gasteiger partial charge < -0.3 is 23.7 Å². The van der Waals surface area contributed by atoms with Crippen LogP contribution in [0.2, 0.25) is 0 Å². The third-order valence-electron chi connectivity index (χ3n) is 5.53. The highest BCUT2D eigenvalue weighted by Crippen LogP contribution is 2.34. The number of benzene rings is 1. The maximum Gasteiger partial charge on any atom is 0.290 e. The molecule has 0 aliphatic carbocycles. The van der Waals surface area contributed by atoms with Crippen LogP contribution in [0.25, 0.3) is 0 Å². The minimum absolute atomic E-state index is 0.112. The number of carbonyl (C=O) groups excluding carboxylic acids is 2. The first-order valence-corrected chi connectivity index (χ1v) is 11.5. The van der Waals surface area contributed by atoms with Crippen molar-refractivity contribution in [1.82, 2.24) is 9.80 Å². The summed E-state index contributed by atoms with van der Waals surface area (Å²) in [4.78, 5) is 30.6. The lowest BCUT2D eigenvalue weighted by Gasteiger charge is -2.37. The highest BCUT2D eigenvalue weighted by Gasteiger charge is 2.34. The maximum absolute atomic E-state index is 13.6. The van der Waals surface area contributed by atoms with Crippen molar-refractivity contribution in [1.29, 1.82) is 0 Å². The minimum Gasteiger partial charge on any atom is -0.491 e. The smallest absolute Gasteiger partial charge is 0.290 e. The van der Waals surface area contributed by atoms with E-state index in [0.717, 1.165) is 12.0 Å². The van der Waals surface area contributed by atoms with Crippen LogP contribution in [0.4, 0.5) is 4.39 Å². The molecule has 2 amide bonds. The molecule has 0 bridgehead atoms. The van der Waals surface area contributed by atoms with Gasteiger partial charge in [-0.1, -0.05) is 6.07 Å². The fraction of sp³-hybridized carbons (Fsp3) is 0.333. The molecule has 0 fully saturated rings. The molecular weight excluding hydrogens is 447 g/mol. The summed E-state index contributed by atoms with van der Waals surface area (Å²) in [7, 11) is 1.54. The summed E-state index contributed by atoms with van der Waals surface area (Å²) >= 11 is 1.65. The molecule has 9 heteroatoms. The SMILES string of the molecule is COCCN(CC(=O)N1CCc2sccc2[C@H]1COc1cccc(F)c1)C(=O)c1ccco1. The van der Waals surface area contributed by atoms with Crippen molar-refractivity contribution in [3.05, 3.63) is 76.1 Å². The molecule has 3 heterocycles. The van der Waals surface area contributed by atoms with Crippen LogP contribution in [-0.2, 0) is 16.0 Å². The highest BCUT2D eigenvalue weighted by atomic mass is 32.1. The van der Waals surface area contributed by atoms with Gasteiger partial charge in [0, 0.05) is 31.1 Å². The van der Waals surface area contributed by atoms with E-state index in [-0.39, 0.29) is 49.1 Å². The number of rotatable bonds is 9. The Labute approximate surface area is 195 Å². The molecule has 174 valence electrons. The number of furan rings is 1. The standard InChI is InChI=1S/C24H25FN2O5S/c1-30-12-10-26(24(29)21-6-3-11-31-21)15-23(28)27-9-7-22-19(8-13-33-22)20(27)16-32-18-5-2-4-17(25)14-18/h2-6,8,11,13-14,20H,7,9-10,12,15-16H2,1H3/t20-/m1/s1. The van der Waals surface area contributed by atoms with Crippen molar-refractivity contribution in [3.63, 3.8) is 0 Å². The van der Waals surface area contributed by atoms with Crippen molar-refractivity contribution >= 4 is 23.2 Å². The monoisotopic (exact) mass is 472 g/mol. The van der Waals surface area contributed by atoms with Gasteiger partial charge in [-0.15, -0.1) is 11.3 Å². The third kappa shape index (κ3) is 5.43. The van der Waals surface area contributed by atoms with E-state index in [9.17, 15) is 14.0 Å². The van der Waals surface area contributed by atoms with Gasteiger partial charge in [0.15, 0.2) is 5.76 Å². The molecule has 3 aromatic rings.